The van der Waals surface area contributed by atoms with Crippen molar-refractivity contribution >= 4 is 27.4 Å². The lowest BCUT2D eigenvalue weighted by Crippen LogP contribution is -2.36. The average Bonchev–Trinajstić information content (AvgIpc) is 3.37. The Labute approximate surface area is 231 Å². The maximum absolute atomic E-state index is 5.04. The topological polar surface area (TPSA) is 58.4 Å². The van der Waals surface area contributed by atoms with E-state index in [1.807, 2.05) is 23.0 Å². The number of anilines is 1. The van der Waals surface area contributed by atoms with Crippen LogP contribution in [0.5, 0.6) is 0 Å². The molecule has 1 aliphatic heterocycles. The summed E-state index contributed by atoms with van der Waals surface area (Å²) < 4.78 is 2.79. The Bertz CT molecular complexity index is 1420. The summed E-state index contributed by atoms with van der Waals surface area (Å²) in [6.45, 7) is 3.83. The molecule has 2 aromatic carbocycles. The number of pyridine rings is 1. The molecule has 3 aromatic heterocycles. The highest BCUT2D eigenvalue weighted by Crippen LogP contribution is 2.33. The normalized spacial score (nSPS) is 14.8. The van der Waals surface area contributed by atoms with Crippen molar-refractivity contribution in [1.82, 2.24) is 24.5 Å². The van der Waals surface area contributed by atoms with E-state index < -0.39 is 0 Å². The highest BCUT2D eigenvalue weighted by Gasteiger charge is 2.26. The van der Waals surface area contributed by atoms with E-state index >= 15 is 0 Å². The fourth-order valence-electron chi connectivity index (χ4n) is 5.43. The highest BCUT2D eigenvalue weighted by molar-refractivity contribution is 9.10. The van der Waals surface area contributed by atoms with Crippen molar-refractivity contribution in [2.24, 2.45) is 0 Å². The zero-order chi connectivity index (χ0) is 25.7. The lowest BCUT2D eigenvalue weighted by atomic mass is 9.88. The van der Waals surface area contributed by atoms with E-state index in [-0.39, 0.29) is 0 Å². The Balaban J connectivity index is 1.18. The van der Waals surface area contributed by atoms with Crippen LogP contribution in [0.4, 0.5) is 5.82 Å². The van der Waals surface area contributed by atoms with E-state index in [0.29, 0.717) is 18.4 Å². The van der Waals surface area contributed by atoms with E-state index in [0.717, 1.165) is 59.7 Å². The molecular formula is C31H31BrN6. The van der Waals surface area contributed by atoms with Gasteiger partial charge in [0.1, 0.15) is 5.82 Å². The molecule has 0 unspecified atom stereocenters. The number of nitrogens with zero attached hydrogens (tertiary/aromatic N) is 5. The van der Waals surface area contributed by atoms with Crippen molar-refractivity contribution < 1.29 is 0 Å². The monoisotopic (exact) mass is 566 g/mol. The SMILES string of the molecule is Brc1cnn2c(NCc3cccnc3)cc(C3CCN(CC(c4ccccc4)c4ccccc4)CC3)nc12. The molecule has 7 heteroatoms. The number of hydrogen-bond acceptors (Lipinski definition) is 5. The summed E-state index contributed by atoms with van der Waals surface area (Å²) in [4.78, 5) is 11.9. The first-order valence-electron chi connectivity index (χ1n) is 13.2. The lowest BCUT2D eigenvalue weighted by molar-refractivity contribution is 0.205. The second kappa shape index (κ2) is 11.5. The van der Waals surface area contributed by atoms with Crippen LogP contribution in [0, 0.1) is 0 Å². The van der Waals surface area contributed by atoms with Crippen LogP contribution >= 0.6 is 15.9 Å². The molecule has 1 fully saturated rings. The molecule has 1 N–H and O–H groups in total. The van der Waals surface area contributed by atoms with Crippen LogP contribution in [0.1, 0.15) is 47.1 Å². The number of hydrogen-bond donors (Lipinski definition) is 1. The minimum atomic E-state index is 0.370. The minimum absolute atomic E-state index is 0.370. The molecule has 1 aliphatic rings. The van der Waals surface area contributed by atoms with Crippen LogP contribution < -0.4 is 5.32 Å². The Kier molecular flexibility index (Phi) is 7.47. The number of piperidine rings is 1. The third kappa shape index (κ3) is 5.49. The first-order chi connectivity index (χ1) is 18.7. The van der Waals surface area contributed by atoms with Gasteiger partial charge in [-0.15, -0.1) is 0 Å². The van der Waals surface area contributed by atoms with Crippen molar-refractivity contribution in [3.63, 3.8) is 0 Å². The van der Waals surface area contributed by atoms with E-state index in [4.69, 9.17) is 4.98 Å². The maximum atomic E-state index is 5.04. The number of likely N-dealkylation sites (tertiary alicyclic amines) is 1. The van der Waals surface area contributed by atoms with Crippen LogP contribution in [-0.4, -0.2) is 44.1 Å². The largest absolute Gasteiger partial charge is 0.366 e. The Morgan fingerprint density at radius 2 is 1.61 bits per heavy atom. The smallest absolute Gasteiger partial charge is 0.171 e. The van der Waals surface area contributed by atoms with E-state index in [1.54, 1.807) is 6.20 Å². The zero-order valence-corrected chi connectivity index (χ0v) is 22.8. The first-order valence-corrected chi connectivity index (χ1v) is 14.0. The van der Waals surface area contributed by atoms with Gasteiger partial charge in [0, 0.05) is 49.1 Å². The molecule has 0 saturated carbocycles. The van der Waals surface area contributed by atoms with Gasteiger partial charge < -0.3 is 10.2 Å². The summed E-state index contributed by atoms with van der Waals surface area (Å²) in [7, 11) is 0. The summed E-state index contributed by atoms with van der Waals surface area (Å²) in [5.41, 5.74) is 5.87. The van der Waals surface area contributed by atoms with E-state index in [9.17, 15) is 0 Å². The van der Waals surface area contributed by atoms with Crippen molar-refractivity contribution in [1.29, 1.82) is 0 Å². The molecule has 0 atom stereocenters. The number of fused-ring (bicyclic) bond motifs is 1. The van der Waals surface area contributed by atoms with Gasteiger partial charge in [0.15, 0.2) is 5.65 Å². The molecular weight excluding hydrogens is 536 g/mol. The summed E-state index contributed by atoms with van der Waals surface area (Å²) in [6.07, 6.45) is 7.68. The van der Waals surface area contributed by atoms with Gasteiger partial charge in [0.25, 0.3) is 0 Å². The van der Waals surface area contributed by atoms with Crippen LogP contribution in [0.25, 0.3) is 5.65 Å². The van der Waals surface area contributed by atoms with Crippen LogP contribution in [-0.2, 0) is 6.54 Å². The molecule has 6 nitrogen and oxygen atoms in total. The number of halogens is 1. The lowest BCUT2D eigenvalue weighted by Gasteiger charge is -2.34. The fraction of sp³-hybridized carbons (Fsp3) is 0.258. The summed E-state index contributed by atoms with van der Waals surface area (Å²) in [5, 5.41) is 8.10. The fourth-order valence-corrected chi connectivity index (χ4v) is 5.78. The molecule has 1 saturated heterocycles. The predicted molar refractivity (Wildman–Crippen MR) is 155 cm³/mol. The number of aromatic nitrogens is 4. The molecule has 192 valence electrons. The molecule has 6 rings (SSSR count). The van der Waals surface area contributed by atoms with Gasteiger partial charge in [-0.1, -0.05) is 66.7 Å². The molecule has 0 aliphatic carbocycles. The standard InChI is InChI=1S/C31H31BrN6/c32-28-21-35-38-30(34-20-23-8-7-15-33-19-23)18-29(36-31(28)38)26-13-16-37(17-14-26)22-27(24-9-3-1-4-10-24)25-11-5-2-6-12-25/h1-12,15,18-19,21,26-27,34H,13-14,16-17,20,22H2. The molecule has 0 bridgehead atoms. The summed E-state index contributed by atoms with van der Waals surface area (Å²) in [5.74, 6) is 1.74. The molecule has 0 amide bonds. The molecule has 0 spiro atoms. The Morgan fingerprint density at radius 1 is 0.895 bits per heavy atom. The van der Waals surface area contributed by atoms with E-state index in [2.05, 4.69) is 109 Å². The van der Waals surface area contributed by atoms with Crippen LogP contribution in [0.15, 0.2) is 102 Å². The minimum Gasteiger partial charge on any atom is -0.366 e. The van der Waals surface area contributed by atoms with Crippen LogP contribution in [0.3, 0.4) is 0 Å². The van der Waals surface area contributed by atoms with Gasteiger partial charge in [-0.3, -0.25) is 4.98 Å². The van der Waals surface area contributed by atoms with Gasteiger partial charge in [0.05, 0.1) is 10.7 Å². The predicted octanol–water partition coefficient (Wildman–Crippen LogP) is 6.51. The van der Waals surface area contributed by atoms with Gasteiger partial charge in [0.2, 0.25) is 0 Å². The average molecular weight is 568 g/mol. The van der Waals surface area contributed by atoms with Gasteiger partial charge in [-0.2, -0.15) is 9.61 Å². The first kappa shape index (κ1) is 24.8. The Morgan fingerprint density at radius 3 is 2.26 bits per heavy atom. The van der Waals surface area contributed by atoms with Crippen molar-refractivity contribution in [2.45, 2.75) is 31.2 Å². The van der Waals surface area contributed by atoms with Crippen molar-refractivity contribution in [3.8, 4) is 0 Å². The molecule has 0 radical (unpaired) electrons. The third-order valence-corrected chi connectivity index (χ3v) is 8.05. The zero-order valence-electron chi connectivity index (χ0n) is 21.2. The van der Waals surface area contributed by atoms with Gasteiger partial charge in [-0.25, -0.2) is 4.98 Å². The van der Waals surface area contributed by atoms with Gasteiger partial charge >= 0.3 is 0 Å². The Hall–Kier alpha value is -3.55. The van der Waals surface area contributed by atoms with Crippen molar-refractivity contribution in [3.05, 3.63) is 124 Å². The summed E-state index contributed by atoms with van der Waals surface area (Å²) in [6, 6.07) is 28.0. The number of rotatable bonds is 8. The molecule has 5 aromatic rings. The van der Waals surface area contributed by atoms with Crippen molar-refractivity contribution in [2.75, 3.05) is 25.0 Å². The maximum Gasteiger partial charge on any atom is 0.171 e. The molecule has 38 heavy (non-hydrogen) atoms. The quantitative estimate of drug-likeness (QED) is 0.232. The second-order valence-electron chi connectivity index (χ2n) is 9.96. The summed E-state index contributed by atoms with van der Waals surface area (Å²) >= 11 is 3.64. The number of benzene rings is 2. The van der Waals surface area contributed by atoms with E-state index in [1.165, 1.54) is 11.1 Å². The molecule has 4 heterocycles. The van der Waals surface area contributed by atoms with Crippen LogP contribution in [0.2, 0.25) is 0 Å². The number of nitrogens with one attached hydrogen (secondary N) is 1. The van der Waals surface area contributed by atoms with Gasteiger partial charge in [-0.05, 0) is 64.6 Å². The second-order valence-corrected chi connectivity index (χ2v) is 10.8. The highest BCUT2D eigenvalue weighted by atomic mass is 79.9. The third-order valence-electron chi connectivity index (χ3n) is 7.50.